The number of thiophene rings is 1. The van der Waals surface area contributed by atoms with Gasteiger partial charge in [-0.15, -0.1) is 11.3 Å². The Kier molecular flexibility index (Phi) is 5.12. The molecular formula is C15H19N3OS. The molecule has 0 aliphatic heterocycles. The predicted octanol–water partition coefficient (Wildman–Crippen LogP) is 3.85. The summed E-state index contributed by atoms with van der Waals surface area (Å²) in [5.41, 5.74) is 0.972. The van der Waals surface area contributed by atoms with Crippen LogP contribution in [0.2, 0.25) is 0 Å². The monoisotopic (exact) mass is 289 g/mol. The highest BCUT2D eigenvalue weighted by atomic mass is 32.1. The maximum Gasteiger partial charge on any atom is 0.266 e. The van der Waals surface area contributed by atoms with Crippen molar-refractivity contribution < 1.29 is 4.79 Å². The summed E-state index contributed by atoms with van der Waals surface area (Å²) < 4.78 is 0. The molecule has 0 unspecified atom stereocenters. The zero-order chi connectivity index (χ0) is 14.4. The van der Waals surface area contributed by atoms with Crippen molar-refractivity contribution in [3.8, 4) is 0 Å². The molecule has 0 fully saturated rings. The van der Waals surface area contributed by atoms with Gasteiger partial charge in [0.25, 0.3) is 5.91 Å². The minimum Gasteiger partial charge on any atom is -0.384 e. The fourth-order valence-corrected chi connectivity index (χ4v) is 2.28. The molecule has 0 aliphatic carbocycles. The van der Waals surface area contributed by atoms with Crippen LogP contribution >= 0.6 is 11.3 Å². The molecular weight excluding hydrogens is 270 g/mol. The van der Waals surface area contributed by atoms with Crippen LogP contribution in [-0.4, -0.2) is 17.4 Å². The number of hydrogen-bond donors (Lipinski definition) is 2. The highest BCUT2D eigenvalue weighted by Crippen LogP contribution is 2.14. The van der Waals surface area contributed by atoms with Crippen LogP contribution in [-0.2, 0) is 0 Å². The van der Waals surface area contributed by atoms with Gasteiger partial charge in [-0.3, -0.25) is 4.79 Å². The predicted molar refractivity (Wildman–Crippen MR) is 84.5 cm³/mol. The number of nitrogens with one attached hydrogen (secondary N) is 2. The Morgan fingerprint density at radius 2 is 2.20 bits per heavy atom. The van der Waals surface area contributed by atoms with E-state index in [4.69, 9.17) is 0 Å². The maximum atomic E-state index is 11.9. The molecule has 2 N–H and O–H groups in total. The first-order chi connectivity index (χ1) is 9.65. The van der Waals surface area contributed by atoms with Crippen LogP contribution in [0, 0.1) is 5.92 Å². The van der Waals surface area contributed by atoms with Crippen LogP contribution in [0.15, 0.2) is 35.8 Å². The van der Waals surface area contributed by atoms with Crippen LogP contribution in [0.3, 0.4) is 0 Å². The topological polar surface area (TPSA) is 54.0 Å². The molecule has 0 bridgehead atoms. The Hall–Kier alpha value is -1.88. The molecule has 0 saturated carbocycles. The number of amides is 1. The molecule has 0 aromatic carbocycles. The van der Waals surface area contributed by atoms with E-state index in [1.807, 2.05) is 23.6 Å². The SMILES string of the molecule is CC(C)CCNc1ccc(NC(=O)c2cccs2)nc1. The Bertz CT molecular complexity index is 535. The third-order valence-corrected chi connectivity index (χ3v) is 3.67. The van der Waals surface area contributed by atoms with Gasteiger partial charge in [0.15, 0.2) is 0 Å². The van der Waals surface area contributed by atoms with Crippen LogP contribution in [0.4, 0.5) is 11.5 Å². The van der Waals surface area contributed by atoms with Crippen LogP contribution in [0.25, 0.3) is 0 Å². The standard InChI is InChI=1S/C15H19N3OS/c1-11(2)7-8-16-12-5-6-14(17-10-12)18-15(19)13-4-3-9-20-13/h3-6,9-11,16H,7-8H2,1-2H3,(H,17,18,19). The lowest BCUT2D eigenvalue weighted by Crippen LogP contribution is -2.11. The Labute approximate surface area is 123 Å². The molecule has 0 aliphatic rings. The molecule has 5 heteroatoms. The second-order valence-electron chi connectivity index (χ2n) is 4.97. The first-order valence-electron chi connectivity index (χ1n) is 6.70. The van der Waals surface area contributed by atoms with Gasteiger partial charge in [-0.2, -0.15) is 0 Å². The zero-order valence-electron chi connectivity index (χ0n) is 11.7. The number of carbonyl (C=O) groups excluding carboxylic acids is 1. The highest BCUT2D eigenvalue weighted by molar-refractivity contribution is 7.12. The summed E-state index contributed by atoms with van der Waals surface area (Å²) in [6, 6.07) is 7.39. The van der Waals surface area contributed by atoms with Crippen molar-refractivity contribution >= 4 is 28.7 Å². The molecule has 2 aromatic rings. The number of hydrogen-bond acceptors (Lipinski definition) is 4. The van der Waals surface area contributed by atoms with Crippen molar-refractivity contribution in [2.45, 2.75) is 20.3 Å². The summed E-state index contributed by atoms with van der Waals surface area (Å²) in [6.45, 7) is 5.33. The molecule has 0 saturated heterocycles. The lowest BCUT2D eigenvalue weighted by Gasteiger charge is -2.09. The normalized spacial score (nSPS) is 10.6. The second-order valence-corrected chi connectivity index (χ2v) is 5.92. The van der Waals surface area contributed by atoms with Crippen molar-refractivity contribution in [3.63, 3.8) is 0 Å². The second kappa shape index (κ2) is 7.05. The molecule has 0 spiro atoms. The van der Waals surface area contributed by atoms with Crippen molar-refractivity contribution in [1.82, 2.24) is 4.98 Å². The number of nitrogens with zero attached hydrogens (tertiary/aromatic N) is 1. The Morgan fingerprint density at radius 3 is 2.80 bits per heavy atom. The smallest absolute Gasteiger partial charge is 0.266 e. The third kappa shape index (κ3) is 4.35. The Morgan fingerprint density at radius 1 is 1.35 bits per heavy atom. The van der Waals surface area contributed by atoms with E-state index in [2.05, 4.69) is 29.5 Å². The number of rotatable bonds is 6. The molecule has 2 rings (SSSR count). The van der Waals surface area contributed by atoms with Gasteiger partial charge in [-0.1, -0.05) is 19.9 Å². The van der Waals surface area contributed by atoms with Gasteiger partial charge in [0.05, 0.1) is 16.8 Å². The zero-order valence-corrected chi connectivity index (χ0v) is 12.5. The number of anilines is 2. The van der Waals surface area contributed by atoms with E-state index in [-0.39, 0.29) is 5.91 Å². The lowest BCUT2D eigenvalue weighted by atomic mass is 10.1. The van der Waals surface area contributed by atoms with Gasteiger partial charge in [-0.05, 0) is 35.9 Å². The van der Waals surface area contributed by atoms with E-state index < -0.39 is 0 Å². The van der Waals surface area contributed by atoms with Gasteiger partial charge >= 0.3 is 0 Å². The fraction of sp³-hybridized carbons (Fsp3) is 0.333. The van der Waals surface area contributed by atoms with E-state index >= 15 is 0 Å². The van der Waals surface area contributed by atoms with Gasteiger partial charge in [0, 0.05) is 6.54 Å². The van der Waals surface area contributed by atoms with Gasteiger partial charge in [0.2, 0.25) is 0 Å². The summed E-state index contributed by atoms with van der Waals surface area (Å²) in [5, 5.41) is 7.97. The van der Waals surface area contributed by atoms with E-state index in [9.17, 15) is 4.79 Å². The number of pyridine rings is 1. The first-order valence-corrected chi connectivity index (χ1v) is 7.58. The van der Waals surface area contributed by atoms with Crippen LogP contribution < -0.4 is 10.6 Å². The molecule has 0 radical (unpaired) electrons. The molecule has 4 nitrogen and oxygen atoms in total. The van der Waals surface area contributed by atoms with E-state index in [0.717, 1.165) is 18.7 Å². The minimum atomic E-state index is -0.118. The quantitative estimate of drug-likeness (QED) is 0.849. The summed E-state index contributed by atoms with van der Waals surface area (Å²) in [6.07, 6.45) is 2.86. The maximum absolute atomic E-state index is 11.9. The average Bonchev–Trinajstić information content (AvgIpc) is 2.94. The molecule has 2 heterocycles. The van der Waals surface area contributed by atoms with Gasteiger partial charge in [0.1, 0.15) is 5.82 Å². The third-order valence-electron chi connectivity index (χ3n) is 2.80. The van der Waals surface area contributed by atoms with Crippen molar-refractivity contribution in [2.24, 2.45) is 5.92 Å². The number of aromatic nitrogens is 1. The van der Waals surface area contributed by atoms with Gasteiger partial charge in [-0.25, -0.2) is 4.98 Å². The van der Waals surface area contributed by atoms with Crippen LogP contribution in [0.5, 0.6) is 0 Å². The van der Waals surface area contributed by atoms with Crippen molar-refractivity contribution in [3.05, 3.63) is 40.7 Å². The Balaban J connectivity index is 1.87. The van der Waals surface area contributed by atoms with E-state index in [1.54, 1.807) is 12.3 Å². The number of carbonyl (C=O) groups is 1. The minimum absolute atomic E-state index is 0.118. The molecule has 106 valence electrons. The first kappa shape index (κ1) is 14.5. The molecule has 1 amide bonds. The van der Waals surface area contributed by atoms with E-state index in [1.165, 1.54) is 11.3 Å². The summed E-state index contributed by atoms with van der Waals surface area (Å²) >= 11 is 1.42. The lowest BCUT2D eigenvalue weighted by molar-refractivity contribution is 0.103. The largest absolute Gasteiger partial charge is 0.384 e. The fourth-order valence-electron chi connectivity index (χ4n) is 1.66. The average molecular weight is 289 g/mol. The van der Waals surface area contributed by atoms with Crippen LogP contribution in [0.1, 0.15) is 29.9 Å². The molecule has 2 aromatic heterocycles. The summed E-state index contributed by atoms with van der Waals surface area (Å²) in [5.74, 6) is 1.13. The summed E-state index contributed by atoms with van der Waals surface area (Å²) in [7, 11) is 0. The van der Waals surface area contributed by atoms with Crippen molar-refractivity contribution in [1.29, 1.82) is 0 Å². The summed E-state index contributed by atoms with van der Waals surface area (Å²) in [4.78, 5) is 16.8. The van der Waals surface area contributed by atoms with Gasteiger partial charge < -0.3 is 10.6 Å². The van der Waals surface area contributed by atoms with Crippen molar-refractivity contribution in [2.75, 3.05) is 17.2 Å². The molecule has 20 heavy (non-hydrogen) atoms. The highest BCUT2D eigenvalue weighted by Gasteiger charge is 2.07. The van der Waals surface area contributed by atoms with E-state index in [0.29, 0.717) is 16.6 Å². The molecule has 0 atom stereocenters.